The number of hydrogen-bond acceptors (Lipinski definition) is 1. The van der Waals surface area contributed by atoms with Crippen LogP contribution in [0, 0.1) is 0 Å². The highest BCUT2D eigenvalue weighted by Crippen LogP contribution is 2.16. The van der Waals surface area contributed by atoms with Crippen molar-refractivity contribution < 1.29 is 0 Å². The number of aromatic amines is 1. The molecule has 0 atom stereocenters. The molecule has 2 nitrogen and oxygen atoms in total. The summed E-state index contributed by atoms with van der Waals surface area (Å²) in [5.74, 6) is 0. The van der Waals surface area contributed by atoms with Gasteiger partial charge in [0.1, 0.15) is 0 Å². The summed E-state index contributed by atoms with van der Waals surface area (Å²) in [5, 5.41) is 0. The summed E-state index contributed by atoms with van der Waals surface area (Å²) in [4.78, 5) is 8.09. The molecule has 0 amide bonds. The van der Waals surface area contributed by atoms with Gasteiger partial charge in [0.15, 0.2) is 0 Å². The number of aliphatic imine (C=N–C) groups is 1. The number of aromatic nitrogens is 1. The van der Waals surface area contributed by atoms with Gasteiger partial charge in [-0.05, 0) is 56.0 Å². The molecule has 1 aromatic rings. The van der Waals surface area contributed by atoms with E-state index < -0.39 is 0 Å². The van der Waals surface area contributed by atoms with Gasteiger partial charge in [0.2, 0.25) is 0 Å². The second kappa shape index (κ2) is 7.13. The van der Waals surface area contributed by atoms with Crippen LogP contribution in [0.3, 0.4) is 0 Å². The Balaban J connectivity index is 1.96. The molecule has 0 saturated heterocycles. The van der Waals surface area contributed by atoms with E-state index in [-0.39, 0.29) is 0 Å². The van der Waals surface area contributed by atoms with Crippen LogP contribution < -0.4 is 0 Å². The highest BCUT2D eigenvalue weighted by atomic mass is 14.8. The molecular weight excluding hydrogens is 232 g/mol. The Kier molecular flexibility index (Phi) is 5.20. The third-order valence-corrected chi connectivity index (χ3v) is 3.38. The summed E-state index contributed by atoms with van der Waals surface area (Å²) in [7, 11) is 0. The number of aryl methyl sites for hydroxylation is 1. The van der Waals surface area contributed by atoms with E-state index in [0.29, 0.717) is 0 Å². The third kappa shape index (κ3) is 4.23. The fraction of sp³-hybridized carbons (Fsp3) is 0.471. The van der Waals surface area contributed by atoms with Gasteiger partial charge in [0.05, 0.1) is 5.70 Å². The maximum absolute atomic E-state index is 4.64. The number of H-pyrrole nitrogens is 1. The highest BCUT2D eigenvalue weighted by Gasteiger charge is 2.04. The molecule has 0 bridgehead atoms. The van der Waals surface area contributed by atoms with E-state index in [2.05, 4.69) is 54.2 Å². The fourth-order valence-corrected chi connectivity index (χ4v) is 2.22. The maximum Gasteiger partial charge on any atom is 0.0654 e. The number of nitrogens with one attached hydrogen (secondary N) is 1. The first-order chi connectivity index (χ1) is 9.31. The number of rotatable bonds is 7. The first-order valence-corrected chi connectivity index (χ1v) is 7.47. The van der Waals surface area contributed by atoms with Gasteiger partial charge in [-0.25, -0.2) is 0 Å². The Labute approximate surface area is 116 Å². The van der Waals surface area contributed by atoms with Crippen molar-refractivity contribution in [2.75, 3.05) is 0 Å². The molecule has 0 unspecified atom stereocenters. The molecule has 0 aliphatic carbocycles. The van der Waals surface area contributed by atoms with Gasteiger partial charge in [0, 0.05) is 17.1 Å². The topological polar surface area (TPSA) is 28.1 Å². The summed E-state index contributed by atoms with van der Waals surface area (Å²) in [5.41, 5.74) is 4.76. The molecule has 1 aromatic heterocycles. The van der Waals surface area contributed by atoms with E-state index in [1.807, 2.05) is 0 Å². The number of allylic oxidation sites excluding steroid dienone is 2. The monoisotopic (exact) mass is 256 g/mol. The van der Waals surface area contributed by atoms with Crippen molar-refractivity contribution in [2.24, 2.45) is 4.99 Å². The van der Waals surface area contributed by atoms with E-state index in [9.17, 15) is 0 Å². The summed E-state index contributed by atoms with van der Waals surface area (Å²) in [6.45, 7) is 4.44. The quantitative estimate of drug-likeness (QED) is 0.719. The molecule has 0 spiro atoms. The van der Waals surface area contributed by atoms with Crippen LogP contribution in [0.4, 0.5) is 0 Å². The lowest BCUT2D eigenvalue weighted by molar-refractivity contribution is 0.780. The standard InChI is InChI=1S/C17H24N2/c1-3-5-7-14-9-11-16(18-14)13-17-12-10-15(19-17)8-6-4-2/h9-13,18H,3-8H2,1-2H3/b17-13-. The van der Waals surface area contributed by atoms with Crippen molar-refractivity contribution in [2.45, 2.75) is 52.4 Å². The van der Waals surface area contributed by atoms with Gasteiger partial charge in [-0.1, -0.05) is 26.7 Å². The minimum Gasteiger partial charge on any atom is -0.359 e. The van der Waals surface area contributed by atoms with Crippen molar-refractivity contribution in [1.82, 2.24) is 4.98 Å². The van der Waals surface area contributed by atoms with Crippen LogP contribution in [-0.4, -0.2) is 10.7 Å². The number of hydrogen-bond donors (Lipinski definition) is 1. The molecule has 19 heavy (non-hydrogen) atoms. The zero-order chi connectivity index (χ0) is 13.5. The van der Waals surface area contributed by atoms with Gasteiger partial charge < -0.3 is 4.98 Å². The molecule has 102 valence electrons. The van der Waals surface area contributed by atoms with E-state index in [0.717, 1.165) is 24.2 Å². The van der Waals surface area contributed by atoms with Crippen molar-refractivity contribution in [3.63, 3.8) is 0 Å². The van der Waals surface area contributed by atoms with E-state index in [1.165, 1.54) is 37.1 Å². The Morgan fingerprint density at radius 2 is 1.84 bits per heavy atom. The van der Waals surface area contributed by atoms with Gasteiger partial charge in [-0.2, -0.15) is 0 Å². The smallest absolute Gasteiger partial charge is 0.0654 e. The van der Waals surface area contributed by atoms with Crippen molar-refractivity contribution in [3.8, 4) is 0 Å². The van der Waals surface area contributed by atoms with E-state index in [4.69, 9.17) is 0 Å². The van der Waals surface area contributed by atoms with Gasteiger partial charge in [-0.15, -0.1) is 0 Å². The van der Waals surface area contributed by atoms with Crippen LogP contribution >= 0.6 is 0 Å². The fourth-order valence-electron chi connectivity index (χ4n) is 2.22. The molecule has 2 heterocycles. The summed E-state index contributed by atoms with van der Waals surface area (Å²) in [6, 6.07) is 4.33. The Hall–Kier alpha value is -1.57. The largest absolute Gasteiger partial charge is 0.359 e. The molecule has 1 N–H and O–H groups in total. The molecule has 1 aliphatic rings. The van der Waals surface area contributed by atoms with Crippen molar-refractivity contribution in [1.29, 1.82) is 0 Å². The number of unbranched alkanes of at least 4 members (excludes halogenated alkanes) is 2. The summed E-state index contributed by atoms with van der Waals surface area (Å²) >= 11 is 0. The van der Waals surface area contributed by atoms with Crippen LogP contribution in [0.2, 0.25) is 0 Å². The average molecular weight is 256 g/mol. The number of nitrogens with zero attached hydrogens (tertiary/aromatic N) is 1. The highest BCUT2D eigenvalue weighted by molar-refractivity contribution is 5.99. The molecule has 2 heteroatoms. The maximum atomic E-state index is 4.64. The van der Waals surface area contributed by atoms with E-state index in [1.54, 1.807) is 0 Å². The third-order valence-electron chi connectivity index (χ3n) is 3.38. The van der Waals surface area contributed by atoms with Crippen LogP contribution in [0.1, 0.15) is 57.3 Å². The van der Waals surface area contributed by atoms with Crippen LogP contribution in [0.5, 0.6) is 0 Å². The SMILES string of the molecule is CCCCC1=N/C(=C\c2ccc(CCCC)[nH]2)C=C1. The Morgan fingerprint density at radius 3 is 2.63 bits per heavy atom. The lowest BCUT2D eigenvalue weighted by atomic mass is 10.2. The van der Waals surface area contributed by atoms with Gasteiger partial charge >= 0.3 is 0 Å². The minimum absolute atomic E-state index is 1.06. The van der Waals surface area contributed by atoms with Crippen LogP contribution in [-0.2, 0) is 6.42 Å². The normalized spacial score (nSPS) is 16.3. The first kappa shape index (κ1) is 13.9. The Bertz CT molecular complexity index is 489. The molecule has 0 fully saturated rings. The van der Waals surface area contributed by atoms with Gasteiger partial charge in [-0.3, -0.25) is 4.99 Å². The summed E-state index contributed by atoms with van der Waals surface area (Å²) < 4.78 is 0. The molecule has 0 radical (unpaired) electrons. The van der Waals surface area contributed by atoms with Crippen molar-refractivity contribution in [3.05, 3.63) is 41.4 Å². The predicted octanol–water partition coefficient (Wildman–Crippen LogP) is 4.90. The van der Waals surface area contributed by atoms with Gasteiger partial charge in [0.25, 0.3) is 0 Å². The second-order valence-corrected chi connectivity index (χ2v) is 5.15. The molecular formula is C17H24N2. The lowest BCUT2D eigenvalue weighted by Gasteiger charge is -1.95. The second-order valence-electron chi connectivity index (χ2n) is 5.15. The average Bonchev–Trinajstić information content (AvgIpc) is 3.04. The predicted molar refractivity (Wildman–Crippen MR) is 83.5 cm³/mol. The first-order valence-electron chi connectivity index (χ1n) is 7.47. The Morgan fingerprint density at radius 1 is 1.05 bits per heavy atom. The zero-order valence-corrected chi connectivity index (χ0v) is 12.1. The summed E-state index contributed by atoms with van der Waals surface area (Å²) in [6.07, 6.45) is 13.5. The molecule has 0 saturated carbocycles. The minimum atomic E-state index is 1.06. The lowest BCUT2D eigenvalue weighted by Crippen LogP contribution is -1.88. The molecule has 2 rings (SSSR count). The van der Waals surface area contributed by atoms with E-state index >= 15 is 0 Å². The van der Waals surface area contributed by atoms with Crippen LogP contribution in [0.15, 0.2) is 35.0 Å². The zero-order valence-electron chi connectivity index (χ0n) is 12.1. The molecule has 0 aromatic carbocycles. The van der Waals surface area contributed by atoms with Crippen molar-refractivity contribution >= 4 is 11.8 Å². The van der Waals surface area contributed by atoms with Crippen LogP contribution in [0.25, 0.3) is 6.08 Å². The molecule has 1 aliphatic heterocycles.